The van der Waals surface area contributed by atoms with Crippen molar-refractivity contribution < 1.29 is 4.79 Å². The van der Waals surface area contributed by atoms with Crippen LogP contribution < -0.4 is 11.1 Å². The number of amides is 1. The van der Waals surface area contributed by atoms with Gasteiger partial charge in [-0.15, -0.1) is 0 Å². The molecule has 10 heteroatoms. The molecule has 7 rings (SSSR count). The molecule has 0 saturated carbocycles. The standard InChI is InChI=1S/C30H25N9O/c31-28-23(5-2-13-33-28)29-36-25-10-11-26(38-15-3-14-34-38)37-30(25)39(29)21-7-8-22-20(17-21)6-9-24(22)35-27(40)16-19-4-1-12-32-18-19/h1-5,7-8,10-15,17-18,24H,6,9,16H2,(H2,31,33)(H,35,40)/t24-/m0/s1. The molecule has 0 aliphatic heterocycles. The van der Waals surface area contributed by atoms with Gasteiger partial charge in [0.2, 0.25) is 5.91 Å². The molecule has 0 saturated heterocycles. The molecule has 10 nitrogen and oxygen atoms in total. The first kappa shape index (κ1) is 23.7. The van der Waals surface area contributed by atoms with Crippen LogP contribution in [0.3, 0.4) is 0 Å². The average molecular weight is 528 g/mol. The Morgan fingerprint density at radius 1 is 1.02 bits per heavy atom. The lowest BCUT2D eigenvalue weighted by molar-refractivity contribution is -0.121. The molecule has 0 unspecified atom stereocenters. The van der Waals surface area contributed by atoms with Crippen molar-refractivity contribution in [3.05, 3.63) is 108 Å². The number of nitrogens with two attached hydrogens (primary N) is 1. The van der Waals surface area contributed by atoms with Gasteiger partial charge in [0.25, 0.3) is 0 Å². The maximum Gasteiger partial charge on any atom is 0.224 e. The smallest absolute Gasteiger partial charge is 0.224 e. The molecule has 0 bridgehead atoms. The Morgan fingerprint density at radius 2 is 1.95 bits per heavy atom. The number of hydrogen-bond acceptors (Lipinski definition) is 7. The minimum absolute atomic E-state index is 0.0137. The predicted molar refractivity (Wildman–Crippen MR) is 151 cm³/mol. The maximum atomic E-state index is 12.8. The minimum Gasteiger partial charge on any atom is -0.383 e. The average Bonchev–Trinajstić information content (AvgIpc) is 3.72. The summed E-state index contributed by atoms with van der Waals surface area (Å²) in [7, 11) is 0. The van der Waals surface area contributed by atoms with Crippen LogP contribution in [0.4, 0.5) is 5.82 Å². The summed E-state index contributed by atoms with van der Waals surface area (Å²) >= 11 is 0. The molecule has 1 amide bonds. The first-order valence-corrected chi connectivity index (χ1v) is 13.1. The van der Waals surface area contributed by atoms with Crippen molar-refractivity contribution in [2.75, 3.05) is 5.73 Å². The zero-order valence-electron chi connectivity index (χ0n) is 21.5. The normalized spacial score (nSPS) is 14.3. The molecule has 6 aromatic rings. The molecule has 0 spiro atoms. The van der Waals surface area contributed by atoms with E-state index in [9.17, 15) is 4.79 Å². The largest absolute Gasteiger partial charge is 0.383 e. The minimum atomic E-state index is -0.0364. The molecule has 1 atom stereocenters. The Hall–Kier alpha value is -5.38. The van der Waals surface area contributed by atoms with Gasteiger partial charge < -0.3 is 11.1 Å². The molecule has 5 heterocycles. The second kappa shape index (κ2) is 9.73. The summed E-state index contributed by atoms with van der Waals surface area (Å²) in [4.78, 5) is 31.0. The van der Waals surface area contributed by atoms with E-state index in [2.05, 4.69) is 32.5 Å². The molecule has 3 N–H and O–H groups in total. The summed E-state index contributed by atoms with van der Waals surface area (Å²) in [6, 6.07) is 19.5. The van der Waals surface area contributed by atoms with Crippen molar-refractivity contribution in [3.63, 3.8) is 0 Å². The van der Waals surface area contributed by atoms with Crippen LogP contribution in [0.25, 0.3) is 34.1 Å². The van der Waals surface area contributed by atoms with E-state index in [1.807, 2.05) is 59.3 Å². The number of carbonyl (C=O) groups is 1. The van der Waals surface area contributed by atoms with Crippen molar-refractivity contribution in [3.8, 4) is 22.9 Å². The van der Waals surface area contributed by atoms with Gasteiger partial charge in [-0.25, -0.2) is 19.6 Å². The van der Waals surface area contributed by atoms with E-state index in [-0.39, 0.29) is 11.9 Å². The quantitative estimate of drug-likeness (QED) is 0.335. The molecule has 5 aromatic heterocycles. The summed E-state index contributed by atoms with van der Waals surface area (Å²) in [5, 5.41) is 7.54. The first-order chi connectivity index (χ1) is 19.6. The molecule has 1 aliphatic carbocycles. The van der Waals surface area contributed by atoms with Gasteiger partial charge in [-0.2, -0.15) is 5.10 Å². The lowest BCUT2D eigenvalue weighted by atomic mass is 10.1. The number of fused-ring (bicyclic) bond motifs is 2. The summed E-state index contributed by atoms with van der Waals surface area (Å²) in [5.41, 5.74) is 12.5. The van der Waals surface area contributed by atoms with E-state index in [0.717, 1.165) is 40.7 Å². The molecule has 1 aromatic carbocycles. The number of carbonyl (C=O) groups excluding carboxylic acids is 1. The zero-order chi connectivity index (χ0) is 27.1. The molecule has 0 fully saturated rings. The van der Waals surface area contributed by atoms with Gasteiger partial charge >= 0.3 is 0 Å². The molecule has 0 radical (unpaired) electrons. The Morgan fingerprint density at radius 3 is 2.77 bits per heavy atom. The fourth-order valence-electron chi connectivity index (χ4n) is 5.34. The van der Waals surface area contributed by atoms with E-state index in [0.29, 0.717) is 29.5 Å². The van der Waals surface area contributed by atoms with Gasteiger partial charge in [0.15, 0.2) is 17.3 Å². The van der Waals surface area contributed by atoms with Crippen LogP contribution in [0.2, 0.25) is 0 Å². The molecular formula is C30H25N9O. The van der Waals surface area contributed by atoms with Gasteiger partial charge in [-0.05, 0) is 78.1 Å². The van der Waals surface area contributed by atoms with Gasteiger partial charge in [0, 0.05) is 36.7 Å². The number of aromatic nitrogens is 7. The van der Waals surface area contributed by atoms with Gasteiger partial charge in [-0.1, -0.05) is 12.1 Å². The van der Waals surface area contributed by atoms with Crippen molar-refractivity contribution in [2.45, 2.75) is 25.3 Å². The monoisotopic (exact) mass is 527 g/mol. The van der Waals surface area contributed by atoms with Crippen LogP contribution in [0.5, 0.6) is 0 Å². The van der Waals surface area contributed by atoms with Crippen molar-refractivity contribution in [2.24, 2.45) is 0 Å². The third kappa shape index (κ3) is 4.25. The fourth-order valence-corrected chi connectivity index (χ4v) is 5.34. The van der Waals surface area contributed by atoms with Gasteiger partial charge in [-0.3, -0.25) is 14.3 Å². The molecule has 196 valence electrons. The van der Waals surface area contributed by atoms with Crippen molar-refractivity contribution in [1.82, 2.24) is 39.6 Å². The maximum absolute atomic E-state index is 12.8. The van der Waals surface area contributed by atoms with E-state index < -0.39 is 0 Å². The number of nitrogens with zero attached hydrogens (tertiary/aromatic N) is 7. The lowest BCUT2D eigenvalue weighted by Gasteiger charge is -2.16. The number of anilines is 1. The number of hydrogen-bond donors (Lipinski definition) is 2. The number of nitrogen functional groups attached to an aromatic ring is 1. The number of benzene rings is 1. The van der Waals surface area contributed by atoms with E-state index >= 15 is 0 Å². The number of rotatable bonds is 6. The first-order valence-electron chi connectivity index (χ1n) is 13.1. The Bertz CT molecular complexity index is 1840. The van der Waals surface area contributed by atoms with Crippen LogP contribution in [-0.4, -0.2) is 40.2 Å². The fraction of sp³-hybridized carbons (Fsp3) is 0.133. The summed E-state index contributed by atoms with van der Waals surface area (Å²) in [6.45, 7) is 0. The van der Waals surface area contributed by atoms with Crippen molar-refractivity contribution in [1.29, 1.82) is 0 Å². The highest BCUT2D eigenvalue weighted by Crippen LogP contribution is 2.36. The van der Waals surface area contributed by atoms with Crippen LogP contribution in [-0.2, 0) is 17.6 Å². The topological polar surface area (TPSA) is 129 Å². The molecular weight excluding hydrogens is 502 g/mol. The summed E-state index contributed by atoms with van der Waals surface area (Å²) in [6.07, 6.45) is 10.7. The number of imidazole rings is 1. The van der Waals surface area contributed by atoms with Crippen LogP contribution >= 0.6 is 0 Å². The Labute approximate surface area is 229 Å². The number of aryl methyl sites for hydroxylation is 1. The summed E-state index contributed by atoms with van der Waals surface area (Å²) in [5.74, 6) is 1.72. The zero-order valence-corrected chi connectivity index (χ0v) is 21.5. The number of pyridine rings is 3. The van der Waals surface area contributed by atoms with Crippen molar-refractivity contribution >= 4 is 22.9 Å². The third-order valence-corrected chi connectivity index (χ3v) is 7.19. The van der Waals surface area contributed by atoms with Crippen LogP contribution in [0.1, 0.15) is 29.2 Å². The highest BCUT2D eigenvalue weighted by molar-refractivity contribution is 5.83. The Balaban J connectivity index is 1.28. The second-order valence-electron chi connectivity index (χ2n) is 9.75. The second-order valence-corrected chi connectivity index (χ2v) is 9.75. The van der Waals surface area contributed by atoms with Gasteiger partial charge in [0.1, 0.15) is 11.3 Å². The van der Waals surface area contributed by atoms with Crippen LogP contribution in [0, 0.1) is 0 Å². The van der Waals surface area contributed by atoms with Crippen LogP contribution in [0.15, 0.2) is 91.6 Å². The highest BCUT2D eigenvalue weighted by atomic mass is 16.1. The summed E-state index contributed by atoms with van der Waals surface area (Å²) < 4.78 is 3.74. The van der Waals surface area contributed by atoms with E-state index in [1.165, 1.54) is 5.56 Å². The third-order valence-electron chi connectivity index (χ3n) is 7.19. The SMILES string of the molecule is Nc1ncccc1-c1nc2ccc(-n3cccn3)nc2n1-c1ccc2c(c1)CC[C@@H]2NC(=O)Cc1cccnc1. The number of nitrogens with one attached hydrogen (secondary N) is 1. The molecule has 40 heavy (non-hydrogen) atoms. The predicted octanol–water partition coefficient (Wildman–Crippen LogP) is 3.99. The lowest BCUT2D eigenvalue weighted by Crippen LogP contribution is -2.28. The Kier molecular flexibility index (Phi) is 5.77. The van der Waals surface area contributed by atoms with Gasteiger partial charge in [0.05, 0.1) is 18.0 Å². The molecule has 1 aliphatic rings. The van der Waals surface area contributed by atoms with E-state index in [1.54, 1.807) is 29.5 Å². The highest BCUT2D eigenvalue weighted by Gasteiger charge is 2.26. The van der Waals surface area contributed by atoms with E-state index in [4.69, 9.17) is 15.7 Å².